The van der Waals surface area contributed by atoms with Crippen LogP contribution < -0.4 is 0 Å². The molecule has 12 heavy (non-hydrogen) atoms. The van der Waals surface area contributed by atoms with Crippen molar-refractivity contribution in [1.82, 2.24) is 0 Å². The Labute approximate surface area is 86.9 Å². The molecule has 0 bridgehead atoms. The molecule has 0 fully saturated rings. The van der Waals surface area contributed by atoms with Gasteiger partial charge in [-0.2, -0.15) is 0 Å². The van der Waals surface area contributed by atoms with Crippen LogP contribution in [0.3, 0.4) is 0 Å². The smallest absolute Gasteiger partial charge is 0.303 e. The van der Waals surface area contributed by atoms with Crippen molar-refractivity contribution in [3.05, 3.63) is 0 Å². The largest absolute Gasteiger partial charge is 0.481 e. The molecule has 0 unspecified atom stereocenters. The van der Waals surface area contributed by atoms with Crippen molar-refractivity contribution in [3.63, 3.8) is 0 Å². The number of carbonyl (C=O) groups is 1. The van der Waals surface area contributed by atoms with Crippen molar-refractivity contribution in [1.29, 1.82) is 0 Å². The maximum absolute atomic E-state index is 9.87. The topological polar surface area (TPSA) is 57.5 Å². The van der Waals surface area contributed by atoms with E-state index in [1.54, 1.807) is 6.92 Å². The van der Waals surface area contributed by atoms with Crippen LogP contribution in [0.15, 0.2) is 0 Å². The van der Waals surface area contributed by atoms with E-state index in [2.05, 4.69) is 6.92 Å². The zero-order chi connectivity index (χ0) is 9.11. The molecule has 3 nitrogen and oxygen atoms in total. The van der Waals surface area contributed by atoms with E-state index in [-0.39, 0.29) is 26.1 Å². The number of aliphatic hydroxyl groups excluding tert-OH is 1. The van der Waals surface area contributed by atoms with Crippen LogP contribution in [0.2, 0.25) is 0 Å². The first-order chi connectivity index (χ1) is 5.18. The maximum Gasteiger partial charge on any atom is 0.303 e. The molecular formula is C8H18O3Zn. The molecule has 0 heterocycles. The van der Waals surface area contributed by atoms with Crippen LogP contribution in [0.5, 0.6) is 0 Å². The second-order valence-corrected chi connectivity index (χ2v) is 2.17. The van der Waals surface area contributed by atoms with E-state index in [9.17, 15) is 4.79 Å². The Kier molecular flexibility index (Phi) is 25.8. The summed E-state index contributed by atoms with van der Waals surface area (Å²) in [6, 6.07) is 0. The standard InChI is InChI=1S/C6H12O2.C2H6O.Zn/c1-2-3-4-5-6(7)8;1-2-3;/h2-5H2,1H3,(H,7,8);3H,2H2,1H3;. The van der Waals surface area contributed by atoms with Gasteiger partial charge in [0, 0.05) is 32.5 Å². The summed E-state index contributed by atoms with van der Waals surface area (Å²) >= 11 is 0. The summed E-state index contributed by atoms with van der Waals surface area (Å²) < 4.78 is 0. The summed E-state index contributed by atoms with van der Waals surface area (Å²) in [5.74, 6) is -0.682. The predicted octanol–water partition coefficient (Wildman–Crippen LogP) is 1.65. The van der Waals surface area contributed by atoms with Crippen molar-refractivity contribution >= 4 is 5.97 Å². The number of carboxylic acid groups (broad SMARTS) is 1. The van der Waals surface area contributed by atoms with Gasteiger partial charge in [-0.1, -0.05) is 19.8 Å². The molecule has 0 spiro atoms. The molecule has 0 aromatic rings. The molecule has 0 aliphatic rings. The van der Waals surface area contributed by atoms with E-state index in [4.69, 9.17) is 10.2 Å². The number of hydrogen-bond acceptors (Lipinski definition) is 2. The third kappa shape index (κ3) is 32.3. The molecule has 70 valence electrons. The predicted molar refractivity (Wildman–Crippen MR) is 44.5 cm³/mol. The van der Waals surface area contributed by atoms with Gasteiger partial charge in [-0.3, -0.25) is 4.79 Å². The summed E-state index contributed by atoms with van der Waals surface area (Å²) in [5.41, 5.74) is 0. The molecule has 0 saturated heterocycles. The monoisotopic (exact) mass is 226 g/mol. The first-order valence-electron chi connectivity index (χ1n) is 4.01. The van der Waals surface area contributed by atoms with E-state index < -0.39 is 5.97 Å². The van der Waals surface area contributed by atoms with Gasteiger partial charge in [-0.25, -0.2) is 0 Å². The molecule has 2 N–H and O–H groups in total. The van der Waals surface area contributed by atoms with Gasteiger partial charge in [-0.05, 0) is 13.3 Å². The number of rotatable bonds is 4. The Balaban J connectivity index is -0.000000177. The zero-order valence-corrected chi connectivity index (χ0v) is 11.0. The Morgan fingerprint density at radius 2 is 1.67 bits per heavy atom. The maximum atomic E-state index is 9.87. The second-order valence-electron chi connectivity index (χ2n) is 2.17. The molecule has 0 aliphatic heterocycles. The summed E-state index contributed by atoms with van der Waals surface area (Å²) in [6.07, 6.45) is 3.28. The van der Waals surface area contributed by atoms with E-state index in [1.165, 1.54) is 0 Å². The Bertz CT molecular complexity index is 86.4. The van der Waals surface area contributed by atoms with E-state index in [1.807, 2.05) is 0 Å². The summed E-state index contributed by atoms with van der Waals surface area (Å²) in [4.78, 5) is 9.87. The first kappa shape index (κ1) is 18.0. The minimum absolute atomic E-state index is 0. The van der Waals surface area contributed by atoms with Crippen LogP contribution in [0.25, 0.3) is 0 Å². The van der Waals surface area contributed by atoms with Gasteiger partial charge in [0.15, 0.2) is 0 Å². The number of aliphatic carboxylic acids is 1. The van der Waals surface area contributed by atoms with Gasteiger partial charge in [-0.15, -0.1) is 0 Å². The molecule has 4 heteroatoms. The van der Waals surface area contributed by atoms with E-state index in [0.717, 1.165) is 19.3 Å². The molecule has 0 radical (unpaired) electrons. The summed E-state index contributed by atoms with van der Waals surface area (Å²) in [6.45, 7) is 3.99. The quantitative estimate of drug-likeness (QED) is 0.567. The normalized spacial score (nSPS) is 7.58. The van der Waals surface area contributed by atoms with Gasteiger partial charge in [0.25, 0.3) is 0 Å². The molecule has 0 aliphatic carbocycles. The van der Waals surface area contributed by atoms with Crippen LogP contribution in [-0.2, 0) is 24.3 Å². The number of unbranched alkanes of at least 4 members (excludes halogenated alkanes) is 2. The third-order valence-electron chi connectivity index (χ3n) is 0.994. The van der Waals surface area contributed by atoms with Gasteiger partial charge >= 0.3 is 5.97 Å². The molecule has 0 rings (SSSR count). The molecule has 0 aromatic heterocycles. The van der Waals surface area contributed by atoms with E-state index >= 15 is 0 Å². The Hall–Kier alpha value is 0.0534. The van der Waals surface area contributed by atoms with Gasteiger partial charge in [0.2, 0.25) is 0 Å². The average Bonchev–Trinajstić information content (AvgIpc) is 1.89. The number of carboxylic acids is 1. The van der Waals surface area contributed by atoms with Gasteiger partial charge in [0.1, 0.15) is 0 Å². The van der Waals surface area contributed by atoms with Crippen molar-refractivity contribution < 1.29 is 34.5 Å². The number of hydrogen-bond donors (Lipinski definition) is 2. The minimum Gasteiger partial charge on any atom is -0.481 e. The molecule has 0 saturated carbocycles. The summed E-state index contributed by atoms with van der Waals surface area (Å²) in [7, 11) is 0. The second kappa shape index (κ2) is 17.2. The third-order valence-corrected chi connectivity index (χ3v) is 0.994. The van der Waals surface area contributed by atoms with Crippen LogP contribution in [0.1, 0.15) is 39.5 Å². The SMILES string of the molecule is CCCCCC(=O)O.CCO.[Zn]. The Morgan fingerprint density at radius 1 is 1.25 bits per heavy atom. The fraction of sp³-hybridized carbons (Fsp3) is 0.875. The fourth-order valence-electron chi connectivity index (χ4n) is 0.526. The van der Waals surface area contributed by atoms with Crippen molar-refractivity contribution in [2.75, 3.05) is 6.61 Å². The Morgan fingerprint density at radius 3 is 1.92 bits per heavy atom. The van der Waals surface area contributed by atoms with Crippen molar-refractivity contribution in [2.45, 2.75) is 39.5 Å². The van der Waals surface area contributed by atoms with Crippen molar-refractivity contribution in [3.8, 4) is 0 Å². The summed E-state index contributed by atoms with van der Waals surface area (Å²) in [5, 5.41) is 15.7. The average molecular weight is 228 g/mol. The molecule has 0 amide bonds. The van der Waals surface area contributed by atoms with Crippen molar-refractivity contribution in [2.24, 2.45) is 0 Å². The van der Waals surface area contributed by atoms with Crippen LogP contribution in [0.4, 0.5) is 0 Å². The van der Waals surface area contributed by atoms with Crippen LogP contribution in [0, 0.1) is 0 Å². The van der Waals surface area contributed by atoms with Gasteiger partial charge in [0.05, 0.1) is 0 Å². The molecule has 0 atom stereocenters. The molecular weight excluding hydrogens is 209 g/mol. The zero-order valence-electron chi connectivity index (χ0n) is 8.05. The first-order valence-corrected chi connectivity index (χ1v) is 4.01. The van der Waals surface area contributed by atoms with E-state index in [0.29, 0.717) is 6.42 Å². The van der Waals surface area contributed by atoms with Crippen LogP contribution >= 0.6 is 0 Å². The minimum atomic E-state index is -0.682. The van der Waals surface area contributed by atoms with Gasteiger partial charge < -0.3 is 10.2 Å². The fourth-order valence-corrected chi connectivity index (χ4v) is 0.526. The molecule has 0 aromatic carbocycles. The number of aliphatic hydroxyl groups is 1. The van der Waals surface area contributed by atoms with Crippen LogP contribution in [-0.4, -0.2) is 22.8 Å².